The lowest BCUT2D eigenvalue weighted by Gasteiger charge is -2.39. The van der Waals surface area contributed by atoms with E-state index in [9.17, 15) is 19.5 Å². The summed E-state index contributed by atoms with van der Waals surface area (Å²) in [7, 11) is 1.51. The number of H-pyrrole nitrogens is 1. The fraction of sp³-hybridized carbons (Fsp3) is 0.431. The highest BCUT2D eigenvalue weighted by molar-refractivity contribution is 5.95. The Kier molecular flexibility index (Phi) is 12.2. The minimum atomic E-state index is -0.596. The lowest BCUT2D eigenvalue weighted by atomic mass is 9.66. The van der Waals surface area contributed by atoms with Gasteiger partial charge in [-0.25, -0.2) is 0 Å². The number of phenolic OH excluding ortho intramolecular Hbond substituents is 1. The van der Waals surface area contributed by atoms with Gasteiger partial charge in [0.25, 0.3) is 0 Å². The minimum Gasteiger partial charge on any atom is -0.504 e. The van der Waals surface area contributed by atoms with Crippen LogP contribution in [0.4, 0.5) is 5.69 Å². The first-order valence-electron chi connectivity index (χ1n) is 22.1. The number of carbonyl (C=O) groups is 3. The number of aromatic hydroxyl groups is 1. The van der Waals surface area contributed by atoms with E-state index in [2.05, 4.69) is 100 Å². The molecule has 2 aliphatic carbocycles. The number of ether oxygens (including phenoxy) is 2. The third-order valence-corrected chi connectivity index (χ3v) is 13.9. The number of fused-ring (bicyclic) bond motifs is 4. The fourth-order valence-corrected chi connectivity index (χ4v) is 10.5. The number of nitrogens with one attached hydrogen (secondary N) is 2. The first-order chi connectivity index (χ1) is 29.5. The molecular weight excluding hydrogens is 765 g/mol. The quantitative estimate of drug-likeness (QED) is 0.164. The monoisotopic (exact) mass is 824 g/mol. The maximum atomic E-state index is 14.4. The number of dihydropyridines is 1. The van der Waals surface area contributed by atoms with Gasteiger partial charge in [0.2, 0.25) is 0 Å². The number of aromatic nitrogens is 2. The number of anilines is 1. The van der Waals surface area contributed by atoms with E-state index < -0.39 is 18.1 Å². The molecule has 4 heterocycles. The summed E-state index contributed by atoms with van der Waals surface area (Å²) in [6.07, 6.45) is 29.7. The van der Waals surface area contributed by atoms with E-state index in [0.29, 0.717) is 31.7 Å². The first-order valence-corrected chi connectivity index (χ1v) is 22.1. The number of esters is 1. The highest BCUT2D eigenvalue weighted by atomic mass is 16.5. The van der Waals surface area contributed by atoms with Crippen molar-refractivity contribution in [2.24, 2.45) is 16.7 Å². The molecular formula is C51H60N4O6. The second-order valence-corrected chi connectivity index (χ2v) is 17.9. The summed E-state index contributed by atoms with van der Waals surface area (Å²) < 4.78 is 13.6. The van der Waals surface area contributed by atoms with Gasteiger partial charge in [0, 0.05) is 74.8 Å². The molecule has 0 saturated heterocycles. The van der Waals surface area contributed by atoms with E-state index in [1.165, 1.54) is 43.6 Å². The van der Waals surface area contributed by atoms with Crippen molar-refractivity contribution >= 4 is 34.0 Å². The van der Waals surface area contributed by atoms with E-state index in [1.54, 1.807) is 19.1 Å². The summed E-state index contributed by atoms with van der Waals surface area (Å²) in [5.41, 5.74) is 5.46. The molecule has 8 rings (SSSR count). The Morgan fingerprint density at radius 3 is 2.54 bits per heavy atom. The average molecular weight is 825 g/mol. The number of hydrogen-bond donors (Lipinski definition) is 3. The van der Waals surface area contributed by atoms with Gasteiger partial charge in [0.15, 0.2) is 11.5 Å². The van der Waals surface area contributed by atoms with Crippen LogP contribution in [0.25, 0.3) is 10.8 Å². The van der Waals surface area contributed by atoms with Gasteiger partial charge >= 0.3 is 5.97 Å². The smallest absolute Gasteiger partial charge is 0.302 e. The molecule has 10 heteroatoms. The third-order valence-electron chi connectivity index (χ3n) is 13.9. The Morgan fingerprint density at radius 1 is 0.984 bits per heavy atom. The van der Waals surface area contributed by atoms with Gasteiger partial charge in [-0.1, -0.05) is 68.3 Å². The topological polar surface area (TPSA) is 126 Å². The van der Waals surface area contributed by atoms with Gasteiger partial charge in [0.05, 0.1) is 18.8 Å². The number of nitrogens with zero attached hydrogens (tertiary/aromatic N) is 2. The number of phenols is 1. The van der Waals surface area contributed by atoms with E-state index >= 15 is 0 Å². The third kappa shape index (κ3) is 8.86. The Balaban J connectivity index is 1.28. The molecule has 10 nitrogen and oxygen atoms in total. The van der Waals surface area contributed by atoms with Gasteiger partial charge in [-0.2, -0.15) is 0 Å². The van der Waals surface area contributed by atoms with E-state index in [1.807, 2.05) is 12.1 Å². The molecule has 1 saturated carbocycles. The zero-order valence-electron chi connectivity index (χ0n) is 36.0. The number of allylic oxidation sites excluding steroid dienone is 6. The van der Waals surface area contributed by atoms with Crippen molar-refractivity contribution in [3.8, 4) is 11.5 Å². The maximum absolute atomic E-state index is 14.4. The zero-order valence-corrected chi connectivity index (χ0v) is 36.0. The van der Waals surface area contributed by atoms with Crippen LogP contribution in [0.5, 0.6) is 11.5 Å². The number of ketones is 2. The van der Waals surface area contributed by atoms with Crippen molar-refractivity contribution in [2.75, 3.05) is 25.1 Å². The molecule has 0 unspecified atom stereocenters. The van der Waals surface area contributed by atoms with Crippen molar-refractivity contribution in [3.63, 3.8) is 0 Å². The first kappa shape index (κ1) is 41.9. The van der Waals surface area contributed by atoms with Crippen molar-refractivity contribution in [3.05, 3.63) is 126 Å². The van der Waals surface area contributed by atoms with Crippen LogP contribution in [0.2, 0.25) is 0 Å². The number of Topliss-reactive ketones (excluding diaryl/α,β-unsaturated/α-hetero) is 2. The molecule has 4 aliphatic rings. The summed E-state index contributed by atoms with van der Waals surface area (Å²) in [5, 5.41) is 16.3. The second-order valence-electron chi connectivity index (χ2n) is 17.9. The number of methoxy groups -OCH3 is 1. The number of aromatic amines is 1. The summed E-state index contributed by atoms with van der Waals surface area (Å²) in [4.78, 5) is 45.5. The standard InChI is InChI=1S/C51H60N4O6/c1-34-10-5-6-18-50(34)21-15-43(61-36(3)57)26-42(58)27-46(37-13-14-47(59)48(24-37)60-4)54-32-38-11-9-12-45(44(38)33-54)55(23-17-35(2)56)49-25-41(16-22-53-49)51(19-7-8-20-51)29-40-31-52-30-39(40)28-50/h5-6,9-14,16,18,24-25,30-34,43,46,52-53,59H,7-8,15,17,19-23,26-29H2,1-4H3/t34-,43-,46+,50+/m1/s1. The average Bonchev–Trinajstić information content (AvgIpc) is 4.01. The molecule has 0 amide bonds. The van der Waals surface area contributed by atoms with E-state index in [0.717, 1.165) is 59.9 Å². The molecule has 2 spiro atoms. The Hall–Kier alpha value is -5.77. The molecule has 3 N–H and O–H groups in total. The van der Waals surface area contributed by atoms with E-state index in [4.69, 9.17) is 9.47 Å². The fourth-order valence-electron chi connectivity index (χ4n) is 10.5. The maximum Gasteiger partial charge on any atom is 0.302 e. The van der Waals surface area contributed by atoms with Crippen LogP contribution in [-0.2, 0) is 32.0 Å². The molecule has 4 atom stereocenters. The normalized spacial score (nSPS) is 24.2. The van der Waals surface area contributed by atoms with E-state index in [-0.39, 0.29) is 46.9 Å². The van der Waals surface area contributed by atoms with Crippen LogP contribution >= 0.6 is 0 Å². The van der Waals surface area contributed by atoms with Gasteiger partial charge in [-0.15, -0.1) is 0 Å². The summed E-state index contributed by atoms with van der Waals surface area (Å²) in [6.45, 7) is 6.51. The highest BCUT2D eigenvalue weighted by Gasteiger charge is 2.41. The van der Waals surface area contributed by atoms with Crippen molar-refractivity contribution in [2.45, 2.75) is 104 Å². The van der Waals surface area contributed by atoms with Crippen LogP contribution in [-0.4, -0.2) is 58.5 Å². The molecule has 2 aliphatic heterocycles. The molecule has 4 bridgehead atoms. The zero-order chi connectivity index (χ0) is 42.7. The predicted octanol–water partition coefficient (Wildman–Crippen LogP) is 9.60. The van der Waals surface area contributed by atoms with Gasteiger partial charge < -0.3 is 34.3 Å². The summed E-state index contributed by atoms with van der Waals surface area (Å²) in [5.74, 6) is 1.20. The number of hydrogen-bond acceptors (Lipinski definition) is 8. The molecule has 4 aromatic rings. The summed E-state index contributed by atoms with van der Waals surface area (Å²) >= 11 is 0. The second kappa shape index (κ2) is 17.7. The number of rotatable bonds is 6. The highest BCUT2D eigenvalue weighted by Crippen LogP contribution is 2.50. The molecule has 2 aromatic carbocycles. The van der Waals surface area contributed by atoms with Crippen LogP contribution in [0, 0.1) is 16.7 Å². The summed E-state index contributed by atoms with van der Waals surface area (Å²) in [6, 6.07) is 11.0. The van der Waals surface area contributed by atoms with Crippen molar-refractivity contribution in [1.29, 1.82) is 0 Å². The molecule has 2 aromatic heterocycles. The largest absolute Gasteiger partial charge is 0.504 e. The molecule has 320 valence electrons. The van der Waals surface area contributed by atoms with Gasteiger partial charge in [-0.3, -0.25) is 14.4 Å². The number of carbonyl (C=O) groups excluding carboxylic acids is 3. The lowest BCUT2D eigenvalue weighted by molar-refractivity contribution is -0.148. The van der Waals surface area contributed by atoms with Crippen LogP contribution < -0.4 is 15.0 Å². The van der Waals surface area contributed by atoms with Crippen LogP contribution in [0.1, 0.15) is 101 Å². The molecule has 61 heavy (non-hydrogen) atoms. The Morgan fingerprint density at radius 2 is 1.79 bits per heavy atom. The predicted molar refractivity (Wildman–Crippen MR) is 240 cm³/mol. The Bertz CT molecular complexity index is 2410. The molecule has 0 radical (unpaired) electrons. The SMILES string of the molecule is COc1cc([C@@H]2CC(=O)C[C@H](OC(C)=O)CC[C@@]3(C=CC=C[C@H]3C)Cc3c[nH]cc3CC3(CCCC3)C3=CCNC(=C3)N(CCC(C)=O)c3cccc4cn2cc34)ccc1O. The number of benzene rings is 2. The lowest BCUT2D eigenvalue weighted by Crippen LogP contribution is -2.37. The van der Waals surface area contributed by atoms with Crippen molar-refractivity contribution < 1.29 is 29.0 Å². The Labute approximate surface area is 359 Å². The van der Waals surface area contributed by atoms with Crippen molar-refractivity contribution in [1.82, 2.24) is 14.9 Å². The van der Waals surface area contributed by atoms with Gasteiger partial charge in [0.1, 0.15) is 23.5 Å². The molecule has 1 fully saturated rings. The van der Waals surface area contributed by atoms with Crippen LogP contribution in [0.15, 0.2) is 109 Å². The minimum absolute atomic E-state index is 0.0128. The van der Waals surface area contributed by atoms with Gasteiger partial charge in [-0.05, 0) is 109 Å². The van der Waals surface area contributed by atoms with Crippen LogP contribution in [0.3, 0.4) is 0 Å².